The second kappa shape index (κ2) is 3.39. The molecule has 3 nitrogen and oxygen atoms in total. The minimum Gasteiger partial charge on any atom is -0.315 e. The predicted molar refractivity (Wildman–Crippen MR) is 57.6 cm³/mol. The molecule has 0 aliphatic carbocycles. The van der Waals surface area contributed by atoms with E-state index in [0.29, 0.717) is 6.42 Å². The van der Waals surface area contributed by atoms with Crippen LogP contribution in [0, 0.1) is 11.3 Å². The zero-order chi connectivity index (χ0) is 11.0. The monoisotopic (exact) mass is 200 g/mol. The van der Waals surface area contributed by atoms with Gasteiger partial charge in [-0.2, -0.15) is 5.26 Å². The topological polar surface area (TPSA) is 44.1 Å². The van der Waals surface area contributed by atoms with Gasteiger partial charge in [-0.15, -0.1) is 0 Å². The van der Waals surface area contributed by atoms with Crippen molar-refractivity contribution in [3.05, 3.63) is 29.3 Å². The van der Waals surface area contributed by atoms with Crippen LogP contribution in [0.2, 0.25) is 0 Å². The predicted octanol–water partition coefficient (Wildman–Crippen LogP) is 1.83. The molecule has 2 rings (SSSR count). The molecule has 1 aromatic rings. The minimum absolute atomic E-state index is 0.0800. The van der Waals surface area contributed by atoms with Gasteiger partial charge in [0.25, 0.3) is 0 Å². The fourth-order valence-electron chi connectivity index (χ4n) is 2.00. The number of hydrogen-bond acceptors (Lipinski definition) is 2. The van der Waals surface area contributed by atoms with Gasteiger partial charge < -0.3 is 4.90 Å². The standard InChI is InChI=1S/C12H12N2O/c1-8-10-7-9(5-6-13)3-4-11(10)14(2)12(8)15/h3-4,7-8H,5H2,1-2H3. The summed E-state index contributed by atoms with van der Waals surface area (Å²) in [5.41, 5.74) is 2.98. The average Bonchev–Trinajstić information content (AvgIpc) is 2.45. The SMILES string of the molecule is CC1C(=O)N(C)c2ccc(CC#N)cc21. The molecule has 0 aromatic heterocycles. The van der Waals surface area contributed by atoms with Gasteiger partial charge in [-0.1, -0.05) is 12.1 Å². The van der Waals surface area contributed by atoms with Crippen molar-refractivity contribution in [2.24, 2.45) is 0 Å². The molecule has 1 atom stereocenters. The van der Waals surface area contributed by atoms with E-state index in [9.17, 15) is 4.79 Å². The molecule has 0 spiro atoms. The van der Waals surface area contributed by atoms with Crippen molar-refractivity contribution in [1.82, 2.24) is 0 Å². The Morgan fingerprint density at radius 1 is 1.53 bits per heavy atom. The van der Waals surface area contributed by atoms with E-state index in [4.69, 9.17) is 5.26 Å². The third kappa shape index (κ3) is 1.39. The van der Waals surface area contributed by atoms with Gasteiger partial charge in [-0.3, -0.25) is 4.79 Å². The van der Waals surface area contributed by atoms with Crippen LogP contribution in [0.5, 0.6) is 0 Å². The highest BCUT2D eigenvalue weighted by molar-refractivity contribution is 6.04. The molecule has 1 aliphatic heterocycles. The van der Waals surface area contributed by atoms with Crippen molar-refractivity contribution in [3.8, 4) is 6.07 Å². The van der Waals surface area contributed by atoms with E-state index >= 15 is 0 Å². The zero-order valence-electron chi connectivity index (χ0n) is 8.82. The van der Waals surface area contributed by atoms with Gasteiger partial charge >= 0.3 is 0 Å². The zero-order valence-corrected chi connectivity index (χ0v) is 8.82. The Morgan fingerprint density at radius 2 is 2.27 bits per heavy atom. The molecule has 0 fully saturated rings. The van der Waals surface area contributed by atoms with Crippen molar-refractivity contribution >= 4 is 11.6 Å². The van der Waals surface area contributed by atoms with Crippen LogP contribution in [0.15, 0.2) is 18.2 Å². The summed E-state index contributed by atoms with van der Waals surface area (Å²) in [6.07, 6.45) is 0.401. The van der Waals surface area contributed by atoms with Crippen LogP contribution < -0.4 is 4.90 Å². The molecule has 0 N–H and O–H groups in total. The number of nitrogens with zero attached hydrogens (tertiary/aromatic N) is 2. The minimum atomic E-state index is -0.0800. The van der Waals surface area contributed by atoms with Gasteiger partial charge in [0.15, 0.2) is 0 Å². The number of amides is 1. The Morgan fingerprint density at radius 3 is 2.93 bits per heavy atom. The number of carbonyl (C=O) groups is 1. The van der Waals surface area contributed by atoms with Crippen LogP contribution in [0.25, 0.3) is 0 Å². The highest BCUT2D eigenvalue weighted by Gasteiger charge is 2.31. The number of fused-ring (bicyclic) bond motifs is 1. The third-order valence-corrected chi connectivity index (χ3v) is 2.90. The van der Waals surface area contributed by atoms with Crippen molar-refractivity contribution in [3.63, 3.8) is 0 Å². The Kier molecular flexibility index (Phi) is 2.20. The Hall–Kier alpha value is -1.82. The van der Waals surface area contributed by atoms with Crippen LogP contribution in [0.1, 0.15) is 24.0 Å². The van der Waals surface area contributed by atoms with Gasteiger partial charge in [0.05, 0.1) is 18.4 Å². The van der Waals surface area contributed by atoms with Crippen molar-refractivity contribution in [2.75, 3.05) is 11.9 Å². The van der Waals surface area contributed by atoms with Crippen molar-refractivity contribution < 1.29 is 4.79 Å². The van der Waals surface area contributed by atoms with E-state index in [1.807, 2.05) is 25.1 Å². The maximum atomic E-state index is 11.7. The maximum Gasteiger partial charge on any atom is 0.234 e. The van der Waals surface area contributed by atoms with Crippen LogP contribution in [-0.2, 0) is 11.2 Å². The quantitative estimate of drug-likeness (QED) is 0.694. The first-order chi connectivity index (χ1) is 7.15. The van der Waals surface area contributed by atoms with E-state index in [2.05, 4.69) is 6.07 Å². The van der Waals surface area contributed by atoms with Crippen molar-refractivity contribution in [1.29, 1.82) is 5.26 Å². The molecular weight excluding hydrogens is 188 g/mol. The number of carbonyl (C=O) groups excluding carboxylic acids is 1. The van der Waals surface area contributed by atoms with Crippen LogP contribution in [0.3, 0.4) is 0 Å². The molecule has 1 heterocycles. The molecule has 0 saturated heterocycles. The third-order valence-electron chi connectivity index (χ3n) is 2.90. The summed E-state index contributed by atoms with van der Waals surface area (Å²) in [7, 11) is 1.79. The van der Waals surface area contributed by atoms with Crippen LogP contribution >= 0.6 is 0 Å². The smallest absolute Gasteiger partial charge is 0.234 e. The van der Waals surface area contributed by atoms with Gasteiger partial charge in [0.2, 0.25) is 5.91 Å². The Balaban J connectivity index is 2.48. The van der Waals surface area contributed by atoms with Gasteiger partial charge in [0, 0.05) is 12.7 Å². The van der Waals surface area contributed by atoms with E-state index in [0.717, 1.165) is 16.8 Å². The lowest BCUT2D eigenvalue weighted by Crippen LogP contribution is -2.22. The normalized spacial score (nSPS) is 18.9. The molecule has 1 aromatic carbocycles. The van der Waals surface area contributed by atoms with E-state index in [1.54, 1.807) is 11.9 Å². The number of nitriles is 1. The maximum absolute atomic E-state index is 11.7. The largest absolute Gasteiger partial charge is 0.315 e. The Bertz CT molecular complexity index is 459. The summed E-state index contributed by atoms with van der Waals surface area (Å²) < 4.78 is 0. The fourth-order valence-corrected chi connectivity index (χ4v) is 2.00. The molecule has 1 aliphatic rings. The number of rotatable bonds is 1. The van der Waals surface area contributed by atoms with Gasteiger partial charge in [-0.05, 0) is 24.1 Å². The molecule has 0 saturated carbocycles. The molecule has 1 unspecified atom stereocenters. The lowest BCUT2D eigenvalue weighted by molar-refractivity contribution is -0.118. The summed E-state index contributed by atoms with van der Waals surface area (Å²) in [6.45, 7) is 1.90. The summed E-state index contributed by atoms with van der Waals surface area (Å²) in [4.78, 5) is 13.4. The summed E-state index contributed by atoms with van der Waals surface area (Å²) in [6, 6.07) is 7.90. The highest BCUT2D eigenvalue weighted by Crippen LogP contribution is 2.36. The van der Waals surface area contributed by atoms with Crippen molar-refractivity contribution in [2.45, 2.75) is 19.3 Å². The van der Waals surface area contributed by atoms with E-state index < -0.39 is 0 Å². The van der Waals surface area contributed by atoms with Gasteiger partial charge in [-0.25, -0.2) is 0 Å². The molecule has 3 heteroatoms. The second-order valence-electron chi connectivity index (χ2n) is 3.85. The molecule has 15 heavy (non-hydrogen) atoms. The highest BCUT2D eigenvalue weighted by atomic mass is 16.2. The lowest BCUT2D eigenvalue weighted by Gasteiger charge is -2.09. The Labute approximate surface area is 88.9 Å². The molecule has 0 radical (unpaired) electrons. The lowest BCUT2D eigenvalue weighted by atomic mass is 10.00. The molecule has 76 valence electrons. The molecule has 1 amide bonds. The van der Waals surface area contributed by atoms with Crippen LogP contribution in [-0.4, -0.2) is 13.0 Å². The number of anilines is 1. The summed E-state index contributed by atoms with van der Waals surface area (Å²) in [5, 5.41) is 8.61. The summed E-state index contributed by atoms with van der Waals surface area (Å²) in [5.74, 6) is 0.0442. The summed E-state index contributed by atoms with van der Waals surface area (Å²) >= 11 is 0. The first kappa shape index (κ1) is 9.72. The van der Waals surface area contributed by atoms with E-state index in [-0.39, 0.29) is 11.8 Å². The number of benzene rings is 1. The van der Waals surface area contributed by atoms with Gasteiger partial charge in [0.1, 0.15) is 0 Å². The van der Waals surface area contributed by atoms with Crippen LogP contribution in [0.4, 0.5) is 5.69 Å². The molecule has 0 bridgehead atoms. The average molecular weight is 200 g/mol. The number of likely N-dealkylation sites (N-methyl/N-ethyl adjacent to an activating group) is 1. The first-order valence-electron chi connectivity index (χ1n) is 4.92. The fraction of sp³-hybridized carbons (Fsp3) is 0.333. The first-order valence-corrected chi connectivity index (χ1v) is 4.92. The number of hydrogen-bond donors (Lipinski definition) is 0. The molecular formula is C12H12N2O. The van der Waals surface area contributed by atoms with E-state index in [1.165, 1.54) is 0 Å². The second-order valence-corrected chi connectivity index (χ2v) is 3.85.